The molecule has 20 heavy (non-hydrogen) atoms. The van der Waals surface area contributed by atoms with Gasteiger partial charge < -0.3 is 15.4 Å². The van der Waals surface area contributed by atoms with E-state index in [1.165, 1.54) is 4.57 Å². The maximum absolute atomic E-state index is 12.1. The number of benzene rings is 1. The summed E-state index contributed by atoms with van der Waals surface area (Å²) < 4.78 is 1.49. The van der Waals surface area contributed by atoms with Gasteiger partial charge in [-0.25, -0.2) is 0 Å². The van der Waals surface area contributed by atoms with Crippen molar-refractivity contribution >= 4 is 17.3 Å². The lowest BCUT2D eigenvalue weighted by Gasteiger charge is -2.13. The summed E-state index contributed by atoms with van der Waals surface area (Å²) in [5.74, 6) is -0.104. The van der Waals surface area contributed by atoms with Crippen LogP contribution < -0.4 is 11.3 Å². The molecular weight excluding hydrogens is 276 g/mol. The van der Waals surface area contributed by atoms with E-state index in [4.69, 9.17) is 17.3 Å². The molecule has 1 aromatic carbocycles. The van der Waals surface area contributed by atoms with Gasteiger partial charge >= 0.3 is 0 Å². The van der Waals surface area contributed by atoms with E-state index in [-0.39, 0.29) is 11.4 Å². The van der Waals surface area contributed by atoms with E-state index >= 15 is 0 Å². The molecule has 0 bridgehead atoms. The number of rotatable bonds is 4. The van der Waals surface area contributed by atoms with E-state index in [2.05, 4.69) is 0 Å². The lowest BCUT2D eigenvalue weighted by atomic mass is 10.1. The molecule has 0 aliphatic heterocycles. The molecule has 5 heteroatoms. The quantitative estimate of drug-likeness (QED) is 0.910. The SMILES string of the molecule is CCCc1cn(Cc2ccccc2Cl)c(=O)c(N)c1O. The minimum atomic E-state index is -0.401. The molecule has 1 heterocycles. The highest BCUT2D eigenvalue weighted by molar-refractivity contribution is 6.31. The first-order valence-electron chi connectivity index (χ1n) is 6.48. The summed E-state index contributed by atoms with van der Waals surface area (Å²) in [6, 6.07) is 7.33. The van der Waals surface area contributed by atoms with E-state index < -0.39 is 5.56 Å². The summed E-state index contributed by atoms with van der Waals surface area (Å²) in [7, 11) is 0. The molecule has 0 fully saturated rings. The molecule has 1 aromatic heterocycles. The normalized spacial score (nSPS) is 10.7. The van der Waals surface area contributed by atoms with Gasteiger partial charge in [-0.15, -0.1) is 0 Å². The molecule has 0 spiro atoms. The zero-order chi connectivity index (χ0) is 14.7. The second-order valence-corrected chi connectivity index (χ2v) is 5.10. The van der Waals surface area contributed by atoms with E-state index in [9.17, 15) is 9.90 Å². The first-order valence-corrected chi connectivity index (χ1v) is 6.86. The van der Waals surface area contributed by atoms with Crippen molar-refractivity contribution in [2.45, 2.75) is 26.3 Å². The molecule has 3 N–H and O–H groups in total. The second kappa shape index (κ2) is 6.01. The van der Waals surface area contributed by atoms with Crippen molar-refractivity contribution in [1.29, 1.82) is 0 Å². The van der Waals surface area contributed by atoms with E-state index in [1.54, 1.807) is 12.3 Å². The third-order valence-electron chi connectivity index (χ3n) is 3.18. The van der Waals surface area contributed by atoms with Gasteiger partial charge in [-0.2, -0.15) is 0 Å². The molecular formula is C15H17ClN2O2. The van der Waals surface area contributed by atoms with Crippen molar-refractivity contribution in [3.8, 4) is 5.75 Å². The lowest BCUT2D eigenvalue weighted by Crippen LogP contribution is -2.24. The van der Waals surface area contributed by atoms with Crippen LogP contribution >= 0.6 is 11.6 Å². The molecule has 0 saturated heterocycles. The molecule has 2 rings (SSSR count). The minimum Gasteiger partial charge on any atom is -0.505 e. The lowest BCUT2D eigenvalue weighted by molar-refractivity contribution is 0.466. The van der Waals surface area contributed by atoms with Gasteiger partial charge in [0.05, 0.1) is 6.54 Å². The summed E-state index contributed by atoms with van der Waals surface area (Å²) in [5.41, 5.74) is 6.69. The molecule has 106 valence electrons. The summed E-state index contributed by atoms with van der Waals surface area (Å²) in [5, 5.41) is 10.5. The van der Waals surface area contributed by atoms with E-state index in [0.717, 1.165) is 12.0 Å². The number of aromatic nitrogens is 1. The Labute approximate surface area is 122 Å². The Morgan fingerprint density at radius 2 is 2.00 bits per heavy atom. The zero-order valence-electron chi connectivity index (χ0n) is 11.3. The van der Waals surface area contributed by atoms with Gasteiger partial charge in [0.25, 0.3) is 5.56 Å². The number of halogens is 1. The molecule has 0 aliphatic carbocycles. The highest BCUT2D eigenvalue weighted by Gasteiger charge is 2.12. The van der Waals surface area contributed by atoms with Crippen molar-refractivity contribution in [1.82, 2.24) is 4.57 Å². The van der Waals surface area contributed by atoms with Crippen molar-refractivity contribution < 1.29 is 5.11 Å². The van der Waals surface area contributed by atoms with E-state index in [1.807, 2.05) is 25.1 Å². The number of aromatic hydroxyl groups is 1. The average molecular weight is 293 g/mol. The molecule has 0 saturated carbocycles. The number of hydrogen-bond donors (Lipinski definition) is 2. The van der Waals surface area contributed by atoms with Gasteiger partial charge in [0, 0.05) is 16.8 Å². The maximum Gasteiger partial charge on any atom is 0.277 e. The predicted octanol–water partition coefficient (Wildman–Crippen LogP) is 2.79. The Kier molecular flexibility index (Phi) is 4.35. The number of nitrogens with zero attached hydrogens (tertiary/aromatic N) is 1. The zero-order valence-corrected chi connectivity index (χ0v) is 12.0. The Bertz CT molecular complexity index is 680. The van der Waals surface area contributed by atoms with E-state index in [0.29, 0.717) is 23.6 Å². The number of nitrogen functional groups attached to an aromatic ring is 1. The van der Waals surface area contributed by atoms with Crippen molar-refractivity contribution in [3.63, 3.8) is 0 Å². The van der Waals surface area contributed by atoms with Crippen LogP contribution in [0.25, 0.3) is 0 Å². The number of aryl methyl sites for hydroxylation is 1. The number of pyridine rings is 1. The third-order valence-corrected chi connectivity index (χ3v) is 3.55. The summed E-state index contributed by atoms with van der Waals surface area (Å²) in [6.45, 7) is 2.33. The fourth-order valence-electron chi connectivity index (χ4n) is 2.12. The van der Waals surface area contributed by atoms with Crippen LogP contribution in [0.4, 0.5) is 5.69 Å². The van der Waals surface area contributed by atoms with Crippen LogP contribution in [0.5, 0.6) is 5.75 Å². The highest BCUT2D eigenvalue weighted by atomic mass is 35.5. The summed E-state index contributed by atoms with van der Waals surface area (Å²) >= 11 is 6.10. The fraction of sp³-hybridized carbons (Fsp3) is 0.267. The van der Waals surface area contributed by atoms with Crippen LogP contribution in [0.3, 0.4) is 0 Å². The Balaban J connectivity index is 2.47. The number of nitrogens with two attached hydrogens (primary N) is 1. The molecule has 0 atom stereocenters. The molecule has 4 nitrogen and oxygen atoms in total. The smallest absolute Gasteiger partial charge is 0.277 e. The van der Waals surface area contributed by atoms with Crippen molar-refractivity contribution in [2.24, 2.45) is 0 Å². The van der Waals surface area contributed by atoms with Gasteiger partial charge in [0.1, 0.15) is 11.4 Å². The molecule has 0 aliphatic rings. The summed E-state index contributed by atoms with van der Waals surface area (Å²) in [6.07, 6.45) is 3.18. The third kappa shape index (κ3) is 2.80. The Hall–Kier alpha value is -1.94. The predicted molar refractivity (Wildman–Crippen MR) is 81.3 cm³/mol. The average Bonchev–Trinajstić information content (AvgIpc) is 2.44. The first kappa shape index (κ1) is 14.5. The highest BCUT2D eigenvalue weighted by Crippen LogP contribution is 2.23. The first-order chi connectivity index (χ1) is 9.54. The molecule has 0 radical (unpaired) electrons. The van der Waals surface area contributed by atoms with Crippen LogP contribution in [0, 0.1) is 0 Å². The fourth-order valence-corrected chi connectivity index (χ4v) is 2.31. The summed E-state index contributed by atoms with van der Waals surface area (Å²) in [4.78, 5) is 12.1. The van der Waals surface area contributed by atoms with Gasteiger partial charge in [0.15, 0.2) is 0 Å². The largest absolute Gasteiger partial charge is 0.505 e. The Morgan fingerprint density at radius 3 is 2.65 bits per heavy atom. The molecule has 2 aromatic rings. The second-order valence-electron chi connectivity index (χ2n) is 4.69. The van der Waals surface area contributed by atoms with Crippen molar-refractivity contribution in [3.05, 3.63) is 57.0 Å². The minimum absolute atomic E-state index is 0.104. The van der Waals surface area contributed by atoms with Gasteiger partial charge in [-0.3, -0.25) is 4.79 Å². The van der Waals surface area contributed by atoms with Crippen LogP contribution in [0.2, 0.25) is 5.02 Å². The van der Waals surface area contributed by atoms with Crippen LogP contribution in [-0.2, 0) is 13.0 Å². The maximum atomic E-state index is 12.1. The van der Waals surface area contributed by atoms with Gasteiger partial charge in [-0.1, -0.05) is 43.1 Å². The standard InChI is InChI=1S/C15H17ClN2O2/c1-2-5-11-9-18(15(20)13(17)14(11)19)8-10-6-3-4-7-12(10)16/h3-4,6-7,9,19H,2,5,8,17H2,1H3. The topological polar surface area (TPSA) is 68.2 Å². The number of anilines is 1. The Morgan fingerprint density at radius 1 is 1.30 bits per heavy atom. The van der Waals surface area contributed by atoms with Gasteiger partial charge in [-0.05, 0) is 18.1 Å². The molecule has 0 unspecified atom stereocenters. The van der Waals surface area contributed by atoms with Gasteiger partial charge in [0.2, 0.25) is 0 Å². The van der Waals surface area contributed by atoms with Crippen LogP contribution in [0.1, 0.15) is 24.5 Å². The van der Waals surface area contributed by atoms with Crippen molar-refractivity contribution in [2.75, 3.05) is 5.73 Å². The van der Waals surface area contributed by atoms with Crippen LogP contribution in [-0.4, -0.2) is 9.67 Å². The monoisotopic (exact) mass is 292 g/mol. The van der Waals surface area contributed by atoms with Crippen LogP contribution in [0.15, 0.2) is 35.3 Å². The number of hydrogen-bond acceptors (Lipinski definition) is 3. The molecule has 0 amide bonds.